The molecule has 4 aromatic carbocycles. The summed E-state index contributed by atoms with van der Waals surface area (Å²) in [6.07, 6.45) is -0.119. The largest absolute Gasteiger partial charge is 0.492 e. The van der Waals surface area contributed by atoms with Crippen LogP contribution in [0.25, 0.3) is 11.1 Å². The number of hydrogen-bond acceptors (Lipinski definition) is 6. The van der Waals surface area contributed by atoms with E-state index in [-0.39, 0.29) is 50.6 Å². The normalized spacial score (nSPS) is 17.2. The summed E-state index contributed by atoms with van der Waals surface area (Å²) in [5.74, 6) is -0.976. The van der Waals surface area contributed by atoms with E-state index in [1.165, 1.54) is 0 Å². The number of ether oxygens (including phenoxy) is 2. The van der Waals surface area contributed by atoms with Gasteiger partial charge in [0.1, 0.15) is 36.8 Å². The summed E-state index contributed by atoms with van der Waals surface area (Å²) >= 11 is 0. The van der Waals surface area contributed by atoms with E-state index in [0.29, 0.717) is 18.0 Å². The van der Waals surface area contributed by atoms with E-state index < -0.39 is 29.8 Å². The van der Waals surface area contributed by atoms with Crippen LogP contribution in [0.1, 0.15) is 29.3 Å². The third-order valence-electron chi connectivity index (χ3n) is 8.00. The van der Waals surface area contributed by atoms with Gasteiger partial charge in [-0.1, -0.05) is 84.9 Å². The number of rotatable bonds is 9. The second kappa shape index (κ2) is 16.8. The molecule has 2 atom stereocenters. The molecule has 0 saturated heterocycles. The maximum absolute atomic E-state index is 13.7. The van der Waals surface area contributed by atoms with E-state index >= 15 is 0 Å². The third kappa shape index (κ3) is 9.22. The number of nitrogens with zero attached hydrogens (tertiary/aromatic N) is 1. The fourth-order valence-electron chi connectivity index (χ4n) is 5.46. The number of likely N-dealkylation sites (N-methyl/N-ethyl adjacent to an activating group) is 1. The van der Waals surface area contributed by atoms with Crippen molar-refractivity contribution >= 4 is 23.6 Å². The van der Waals surface area contributed by atoms with Gasteiger partial charge in [0.15, 0.2) is 0 Å². The van der Waals surface area contributed by atoms with Gasteiger partial charge in [0.2, 0.25) is 17.7 Å². The minimum Gasteiger partial charge on any atom is -0.492 e. The van der Waals surface area contributed by atoms with E-state index in [4.69, 9.17) is 9.47 Å². The van der Waals surface area contributed by atoms with Crippen molar-refractivity contribution in [3.8, 4) is 22.6 Å². The zero-order chi connectivity index (χ0) is 33.7. The highest BCUT2D eigenvalue weighted by molar-refractivity contribution is 6.01. The first-order valence-corrected chi connectivity index (χ1v) is 16.1. The Bertz CT molecular complexity index is 1680. The average Bonchev–Trinajstić information content (AvgIpc) is 3.12. The van der Waals surface area contributed by atoms with E-state index in [2.05, 4.69) is 16.0 Å². The Balaban J connectivity index is 1.28. The Hall–Kier alpha value is -5.64. The Labute approximate surface area is 280 Å². The molecule has 0 aromatic heterocycles. The van der Waals surface area contributed by atoms with Gasteiger partial charge >= 0.3 is 0 Å². The van der Waals surface area contributed by atoms with Crippen LogP contribution in [0.2, 0.25) is 0 Å². The predicted molar refractivity (Wildman–Crippen MR) is 183 cm³/mol. The van der Waals surface area contributed by atoms with Crippen molar-refractivity contribution in [1.82, 2.24) is 20.9 Å². The summed E-state index contributed by atoms with van der Waals surface area (Å²) in [4.78, 5) is 55.6. The smallest absolute Gasteiger partial charge is 0.255 e. The van der Waals surface area contributed by atoms with Gasteiger partial charge in [-0.25, -0.2) is 0 Å². The number of benzene rings is 4. The zero-order valence-electron chi connectivity index (χ0n) is 26.9. The highest BCUT2D eigenvalue weighted by atomic mass is 16.5. The van der Waals surface area contributed by atoms with E-state index in [1.807, 2.05) is 91.9 Å². The van der Waals surface area contributed by atoms with Crippen LogP contribution in [-0.4, -0.2) is 73.5 Å². The fourth-order valence-corrected chi connectivity index (χ4v) is 5.46. The molecule has 10 heteroatoms. The molecule has 0 radical (unpaired) electrons. The number of amides is 4. The SMILES string of the molecule is CCN1CCOc2ccccc2C(=O)N[C@H](C(=O)NCCOc2ccc(-c3ccccc3)cc2)CC(=O)N[C@H](Cc2ccccc2)C1=O. The number of nitrogens with one attached hydrogen (secondary N) is 3. The van der Waals surface area contributed by atoms with Crippen LogP contribution in [0.3, 0.4) is 0 Å². The lowest BCUT2D eigenvalue weighted by Gasteiger charge is -2.28. The van der Waals surface area contributed by atoms with E-state index in [0.717, 1.165) is 16.7 Å². The molecule has 0 fully saturated rings. The summed E-state index contributed by atoms with van der Waals surface area (Å²) in [6, 6.07) is 31.6. The van der Waals surface area contributed by atoms with Crippen molar-refractivity contribution < 1.29 is 28.7 Å². The molecular weight excluding hydrogens is 608 g/mol. The summed E-state index contributed by atoms with van der Waals surface area (Å²) < 4.78 is 11.8. The number of para-hydroxylation sites is 1. The standard InChI is InChI=1S/C38H40N4O6/c1-2-42-22-24-48-34-16-10-9-15-31(34)36(44)41-32(26-35(43)40-33(38(42)46)25-27-11-5-3-6-12-27)37(45)39-21-23-47-30-19-17-29(18-20-30)28-13-7-4-8-14-28/h3-20,32-33H,2,21-26H2,1H3,(H,39,45)(H,40,43)(H,41,44)/t32-,33+/m0/s1. The van der Waals surface area contributed by atoms with Crippen LogP contribution in [0.5, 0.6) is 11.5 Å². The van der Waals surface area contributed by atoms with Crippen molar-refractivity contribution in [2.45, 2.75) is 31.8 Å². The van der Waals surface area contributed by atoms with Crippen molar-refractivity contribution in [2.24, 2.45) is 0 Å². The molecule has 0 saturated carbocycles. The van der Waals surface area contributed by atoms with Gasteiger partial charge in [-0.05, 0) is 47.9 Å². The number of fused-ring (bicyclic) bond motifs is 1. The molecule has 248 valence electrons. The summed E-state index contributed by atoms with van der Waals surface area (Å²) in [6.45, 7) is 2.95. The molecule has 1 aliphatic rings. The number of carbonyl (C=O) groups is 4. The quantitative estimate of drug-likeness (QED) is 0.236. The first-order chi connectivity index (χ1) is 23.4. The van der Waals surface area contributed by atoms with Crippen molar-refractivity contribution in [3.63, 3.8) is 0 Å². The number of carbonyl (C=O) groups excluding carboxylic acids is 4. The topological polar surface area (TPSA) is 126 Å². The Morgan fingerprint density at radius 1 is 0.854 bits per heavy atom. The summed E-state index contributed by atoms with van der Waals surface area (Å²) in [5, 5.41) is 8.31. The van der Waals surface area contributed by atoms with Gasteiger partial charge in [0.25, 0.3) is 5.91 Å². The molecule has 4 aromatic rings. The molecule has 1 aliphatic heterocycles. The lowest BCUT2D eigenvalue weighted by molar-refractivity contribution is -0.137. The molecule has 0 unspecified atom stereocenters. The molecule has 48 heavy (non-hydrogen) atoms. The summed E-state index contributed by atoms with van der Waals surface area (Å²) in [7, 11) is 0. The number of hydrogen-bond donors (Lipinski definition) is 3. The monoisotopic (exact) mass is 648 g/mol. The van der Waals surface area contributed by atoms with Crippen LogP contribution < -0.4 is 25.4 Å². The lowest BCUT2D eigenvalue weighted by Crippen LogP contribution is -2.54. The molecule has 4 amide bonds. The third-order valence-corrected chi connectivity index (χ3v) is 8.00. The first kappa shape index (κ1) is 33.7. The molecule has 5 rings (SSSR count). The molecule has 0 spiro atoms. The molecule has 3 N–H and O–H groups in total. The second-order valence-corrected chi connectivity index (χ2v) is 11.3. The minimum absolute atomic E-state index is 0.132. The van der Waals surface area contributed by atoms with Gasteiger partial charge < -0.3 is 30.3 Å². The van der Waals surface area contributed by atoms with Crippen molar-refractivity contribution in [3.05, 3.63) is 120 Å². The van der Waals surface area contributed by atoms with Crippen molar-refractivity contribution in [2.75, 3.05) is 32.8 Å². The summed E-state index contributed by atoms with van der Waals surface area (Å²) in [5.41, 5.74) is 3.24. The average molecular weight is 649 g/mol. The van der Waals surface area contributed by atoms with Crippen LogP contribution in [-0.2, 0) is 20.8 Å². The van der Waals surface area contributed by atoms with Crippen LogP contribution in [0.4, 0.5) is 0 Å². The van der Waals surface area contributed by atoms with Gasteiger partial charge in [-0.15, -0.1) is 0 Å². The predicted octanol–water partition coefficient (Wildman–Crippen LogP) is 4.01. The fraction of sp³-hybridized carbons (Fsp3) is 0.263. The lowest BCUT2D eigenvalue weighted by atomic mass is 10.0. The van der Waals surface area contributed by atoms with Crippen LogP contribution >= 0.6 is 0 Å². The van der Waals surface area contributed by atoms with Crippen LogP contribution in [0.15, 0.2) is 109 Å². The van der Waals surface area contributed by atoms with Crippen molar-refractivity contribution in [1.29, 1.82) is 0 Å². The van der Waals surface area contributed by atoms with Gasteiger partial charge in [0, 0.05) is 13.0 Å². The van der Waals surface area contributed by atoms with Crippen LogP contribution in [0, 0.1) is 0 Å². The highest BCUT2D eigenvalue weighted by Gasteiger charge is 2.30. The molecular formula is C38H40N4O6. The molecule has 1 heterocycles. The second-order valence-electron chi connectivity index (χ2n) is 11.3. The van der Waals surface area contributed by atoms with Gasteiger partial charge in [-0.2, -0.15) is 0 Å². The molecule has 10 nitrogen and oxygen atoms in total. The Morgan fingerprint density at radius 3 is 2.25 bits per heavy atom. The minimum atomic E-state index is -1.23. The zero-order valence-corrected chi connectivity index (χ0v) is 26.9. The Morgan fingerprint density at radius 2 is 1.52 bits per heavy atom. The maximum Gasteiger partial charge on any atom is 0.255 e. The first-order valence-electron chi connectivity index (χ1n) is 16.1. The Kier molecular flexibility index (Phi) is 11.8. The highest BCUT2D eigenvalue weighted by Crippen LogP contribution is 2.22. The molecule has 0 aliphatic carbocycles. The van der Waals surface area contributed by atoms with E-state index in [1.54, 1.807) is 29.2 Å². The molecule has 0 bridgehead atoms. The maximum atomic E-state index is 13.7. The van der Waals surface area contributed by atoms with E-state index in [9.17, 15) is 19.2 Å². The van der Waals surface area contributed by atoms with Gasteiger partial charge in [0.05, 0.1) is 25.1 Å². The van der Waals surface area contributed by atoms with Gasteiger partial charge in [-0.3, -0.25) is 19.2 Å².